The zero-order valence-electron chi connectivity index (χ0n) is 12.5. The highest BCUT2D eigenvalue weighted by atomic mass is 16.6. The van der Waals surface area contributed by atoms with E-state index in [0.29, 0.717) is 12.2 Å². The number of nitro benzene ring substituents is 2. The zero-order valence-corrected chi connectivity index (χ0v) is 12.5. The first-order chi connectivity index (χ1) is 10.9. The molecule has 2 rings (SSSR count). The average molecular weight is 313 g/mol. The highest BCUT2D eigenvalue weighted by Crippen LogP contribution is 2.32. The molecule has 0 N–H and O–H groups in total. The summed E-state index contributed by atoms with van der Waals surface area (Å²) in [7, 11) is 1.68. The van der Waals surface area contributed by atoms with Gasteiger partial charge in [-0.3, -0.25) is 20.2 Å². The van der Waals surface area contributed by atoms with Crippen LogP contribution in [0.25, 0.3) is 5.57 Å². The van der Waals surface area contributed by atoms with Gasteiger partial charge >= 0.3 is 0 Å². The number of hydrogen-bond donors (Lipinski definition) is 0. The molecule has 0 saturated heterocycles. The number of benzene rings is 2. The van der Waals surface area contributed by atoms with Crippen molar-refractivity contribution in [1.82, 2.24) is 0 Å². The van der Waals surface area contributed by atoms with Gasteiger partial charge in [0.05, 0.1) is 15.9 Å². The quantitative estimate of drug-likeness (QED) is 0.599. The van der Waals surface area contributed by atoms with Crippen LogP contribution in [0.5, 0.6) is 0 Å². The average Bonchev–Trinajstić information content (AvgIpc) is 2.54. The molecule has 0 fully saturated rings. The fourth-order valence-corrected chi connectivity index (χ4v) is 2.23. The maximum absolute atomic E-state index is 11.2. The number of rotatable bonds is 6. The molecule has 7 heteroatoms. The summed E-state index contributed by atoms with van der Waals surface area (Å²) in [6, 6.07) is 13.1. The van der Waals surface area contributed by atoms with E-state index in [4.69, 9.17) is 0 Å². The van der Waals surface area contributed by atoms with E-state index < -0.39 is 9.85 Å². The maximum Gasteiger partial charge on any atom is 0.299 e. The normalized spacial score (nSPS) is 10.1. The van der Waals surface area contributed by atoms with Crippen LogP contribution in [0.2, 0.25) is 0 Å². The van der Waals surface area contributed by atoms with Crippen LogP contribution in [0.15, 0.2) is 55.1 Å². The highest BCUT2D eigenvalue weighted by Gasteiger charge is 2.22. The van der Waals surface area contributed by atoms with Crippen LogP contribution in [0.4, 0.5) is 17.1 Å². The van der Waals surface area contributed by atoms with Crippen LogP contribution in [-0.4, -0.2) is 23.4 Å². The Morgan fingerprint density at radius 3 is 2.30 bits per heavy atom. The first-order valence-corrected chi connectivity index (χ1v) is 6.77. The van der Waals surface area contributed by atoms with Crippen molar-refractivity contribution in [3.05, 3.63) is 80.9 Å². The molecule has 23 heavy (non-hydrogen) atoms. The molecule has 0 amide bonds. The van der Waals surface area contributed by atoms with Gasteiger partial charge in [0, 0.05) is 19.7 Å². The molecule has 2 aromatic carbocycles. The SMILES string of the molecule is C=C(CN(C)c1ccc([N+](=O)[O-])cc1[N+](=O)[O-])c1ccccc1. The summed E-state index contributed by atoms with van der Waals surface area (Å²) >= 11 is 0. The second-order valence-corrected chi connectivity index (χ2v) is 5.01. The Morgan fingerprint density at radius 2 is 1.74 bits per heavy atom. The maximum atomic E-state index is 11.2. The lowest BCUT2D eigenvalue weighted by Crippen LogP contribution is -2.20. The van der Waals surface area contributed by atoms with Crippen LogP contribution >= 0.6 is 0 Å². The van der Waals surface area contributed by atoms with Gasteiger partial charge in [0.2, 0.25) is 0 Å². The Kier molecular flexibility index (Phi) is 4.70. The van der Waals surface area contributed by atoms with Gasteiger partial charge in [-0.1, -0.05) is 36.9 Å². The molecule has 0 aromatic heterocycles. The third-order valence-electron chi connectivity index (χ3n) is 3.39. The molecule has 0 aliphatic heterocycles. The van der Waals surface area contributed by atoms with Crippen molar-refractivity contribution in [1.29, 1.82) is 0 Å². The van der Waals surface area contributed by atoms with Gasteiger partial charge in [0.1, 0.15) is 5.69 Å². The number of non-ortho nitro benzene ring substituents is 1. The first kappa shape index (κ1) is 16.2. The molecule has 2 aromatic rings. The Labute approximate surface area is 132 Å². The van der Waals surface area contributed by atoms with Crippen molar-refractivity contribution in [2.24, 2.45) is 0 Å². The Balaban J connectivity index is 2.28. The van der Waals surface area contributed by atoms with E-state index in [0.717, 1.165) is 17.2 Å². The van der Waals surface area contributed by atoms with Gasteiger partial charge in [-0.15, -0.1) is 0 Å². The molecule has 118 valence electrons. The minimum Gasteiger partial charge on any atom is -0.365 e. The van der Waals surface area contributed by atoms with Crippen LogP contribution in [0, 0.1) is 20.2 Å². The van der Waals surface area contributed by atoms with Gasteiger partial charge in [0.25, 0.3) is 11.4 Å². The fraction of sp³-hybridized carbons (Fsp3) is 0.125. The van der Waals surface area contributed by atoms with Gasteiger partial charge < -0.3 is 4.90 Å². The van der Waals surface area contributed by atoms with Gasteiger partial charge in [-0.05, 0) is 17.2 Å². The minimum absolute atomic E-state index is 0.303. The lowest BCUT2D eigenvalue weighted by atomic mass is 10.1. The third kappa shape index (κ3) is 3.70. The third-order valence-corrected chi connectivity index (χ3v) is 3.39. The Morgan fingerprint density at radius 1 is 1.09 bits per heavy atom. The van der Waals surface area contributed by atoms with Crippen LogP contribution in [-0.2, 0) is 0 Å². The number of nitrogens with zero attached hydrogens (tertiary/aromatic N) is 3. The number of nitro groups is 2. The lowest BCUT2D eigenvalue weighted by molar-refractivity contribution is -0.393. The van der Waals surface area contributed by atoms with Crippen molar-refractivity contribution in [3.63, 3.8) is 0 Å². The summed E-state index contributed by atoms with van der Waals surface area (Å²) in [5.41, 5.74) is 1.42. The predicted molar refractivity (Wildman–Crippen MR) is 88.5 cm³/mol. The monoisotopic (exact) mass is 313 g/mol. The summed E-state index contributed by atoms with van der Waals surface area (Å²) in [5, 5.41) is 22.0. The molecular formula is C16H15N3O4. The number of likely N-dealkylation sites (N-methyl/N-ethyl adjacent to an activating group) is 1. The fourth-order valence-electron chi connectivity index (χ4n) is 2.23. The standard InChI is InChI=1S/C16H15N3O4/c1-12(13-6-4-3-5-7-13)11-17(2)15-9-8-14(18(20)21)10-16(15)19(22)23/h3-10H,1,11H2,2H3. The van der Waals surface area contributed by atoms with Crippen LogP contribution in [0.1, 0.15) is 5.56 Å². The summed E-state index contributed by atoms with van der Waals surface area (Å²) in [5.74, 6) is 0. The Hall–Kier alpha value is -3.22. The van der Waals surface area contributed by atoms with E-state index >= 15 is 0 Å². The van der Waals surface area contributed by atoms with E-state index in [1.54, 1.807) is 11.9 Å². The van der Waals surface area contributed by atoms with Gasteiger partial charge in [-0.25, -0.2) is 0 Å². The topological polar surface area (TPSA) is 89.5 Å². The van der Waals surface area contributed by atoms with Crippen molar-refractivity contribution in [2.75, 3.05) is 18.5 Å². The minimum atomic E-state index is -0.653. The van der Waals surface area contributed by atoms with E-state index in [1.165, 1.54) is 12.1 Å². The molecule has 7 nitrogen and oxygen atoms in total. The molecule has 0 atom stereocenters. The summed E-state index contributed by atoms with van der Waals surface area (Å²) in [6.45, 7) is 4.35. The molecule has 0 spiro atoms. The second kappa shape index (κ2) is 6.69. The number of anilines is 1. The van der Waals surface area contributed by atoms with Crippen LogP contribution in [0.3, 0.4) is 0 Å². The number of hydrogen-bond acceptors (Lipinski definition) is 5. The van der Waals surface area contributed by atoms with Gasteiger partial charge in [-0.2, -0.15) is 0 Å². The Bertz CT molecular complexity index is 759. The van der Waals surface area contributed by atoms with Crippen molar-refractivity contribution < 1.29 is 9.85 Å². The summed E-state index contributed by atoms with van der Waals surface area (Å²) in [4.78, 5) is 22.3. The summed E-state index contributed by atoms with van der Waals surface area (Å²) < 4.78 is 0. The molecule has 0 aliphatic carbocycles. The smallest absolute Gasteiger partial charge is 0.299 e. The molecule has 0 radical (unpaired) electrons. The molecule has 0 unspecified atom stereocenters. The van der Waals surface area contributed by atoms with E-state index in [9.17, 15) is 20.2 Å². The summed E-state index contributed by atoms with van der Waals surface area (Å²) in [6.07, 6.45) is 0. The first-order valence-electron chi connectivity index (χ1n) is 6.77. The molecule has 0 heterocycles. The lowest BCUT2D eigenvalue weighted by Gasteiger charge is -2.20. The highest BCUT2D eigenvalue weighted by molar-refractivity contribution is 5.72. The second-order valence-electron chi connectivity index (χ2n) is 5.01. The largest absolute Gasteiger partial charge is 0.365 e. The van der Waals surface area contributed by atoms with E-state index in [1.807, 2.05) is 30.3 Å². The van der Waals surface area contributed by atoms with Crippen LogP contribution < -0.4 is 4.90 Å². The van der Waals surface area contributed by atoms with E-state index in [-0.39, 0.29) is 11.4 Å². The molecule has 0 aliphatic rings. The van der Waals surface area contributed by atoms with Crippen molar-refractivity contribution in [2.45, 2.75) is 0 Å². The molecule has 0 saturated carbocycles. The predicted octanol–water partition coefficient (Wildman–Crippen LogP) is 3.65. The van der Waals surface area contributed by atoms with Crippen molar-refractivity contribution >= 4 is 22.6 Å². The molecular weight excluding hydrogens is 298 g/mol. The zero-order chi connectivity index (χ0) is 17.0. The molecule has 0 bridgehead atoms. The van der Waals surface area contributed by atoms with Crippen molar-refractivity contribution in [3.8, 4) is 0 Å². The van der Waals surface area contributed by atoms with E-state index in [2.05, 4.69) is 6.58 Å². The van der Waals surface area contributed by atoms with Gasteiger partial charge in [0.15, 0.2) is 0 Å².